The van der Waals surface area contributed by atoms with E-state index >= 15 is 0 Å². The molecular formula is C15H15ClN2O2S. The second-order valence-electron chi connectivity index (χ2n) is 5.13. The van der Waals surface area contributed by atoms with Crippen LogP contribution in [0.5, 0.6) is 0 Å². The Balaban J connectivity index is 1.73. The molecule has 3 N–H and O–H groups in total. The summed E-state index contributed by atoms with van der Waals surface area (Å²) >= 11 is 5.79. The van der Waals surface area contributed by atoms with E-state index in [-0.39, 0.29) is 16.5 Å². The van der Waals surface area contributed by atoms with Gasteiger partial charge in [-0.05, 0) is 35.7 Å². The number of nitrogens with one attached hydrogen (secondary N) is 1. The largest absolute Gasteiger partial charge is 0.398 e. The molecule has 0 aliphatic heterocycles. The minimum absolute atomic E-state index is 0.0690. The van der Waals surface area contributed by atoms with Crippen LogP contribution in [0.4, 0.5) is 5.69 Å². The number of anilines is 1. The van der Waals surface area contributed by atoms with Gasteiger partial charge in [0.15, 0.2) is 0 Å². The summed E-state index contributed by atoms with van der Waals surface area (Å²) in [7, 11) is -3.62. The summed E-state index contributed by atoms with van der Waals surface area (Å²) in [5, 5.41) is 0.416. The SMILES string of the molecule is Nc1cc(Cl)ccc1S(=O)(=O)NCC1Cc2ccccc21. The van der Waals surface area contributed by atoms with Crippen LogP contribution in [0, 0.1) is 0 Å². The molecule has 1 unspecified atom stereocenters. The Kier molecular flexibility index (Phi) is 3.65. The Bertz CT molecular complexity index is 790. The molecule has 110 valence electrons. The van der Waals surface area contributed by atoms with E-state index in [4.69, 9.17) is 17.3 Å². The maximum Gasteiger partial charge on any atom is 0.242 e. The molecule has 0 aromatic heterocycles. The van der Waals surface area contributed by atoms with E-state index in [0.717, 1.165) is 6.42 Å². The molecule has 2 aromatic rings. The Morgan fingerprint density at radius 3 is 2.71 bits per heavy atom. The van der Waals surface area contributed by atoms with Crippen molar-refractivity contribution in [3.8, 4) is 0 Å². The zero-order chi connectivity index (χ0) is 15.0. The van der Waals surface area contributed by atoms with Crippen LogP contribution in [0.2, 0.25) is 5.02 Å². The van der Waals surface area contributed by atoms with Crippen molar-refractivity contribution in [1.82, 2.24) is 4.72 Å². The van der Waals surface area contributed by atoms with Gasteiger partial charge in [-0.15, -0.1) is 0 Å². The summed E-state index contributed by atoms with van der Waals surface area (Å²) in [6.07, 6.45) is 0.898. The Morgan fingerprint density at radius 2 is 2.00 bits per heavy atom. The fraction of sp³-hybridized carbons (Fsp3) is 0.200. The van der Waals surface area contributed by atoms with Crippen molar-refractivity contribution in [3.05, 3.63) is 58.6 Å². The van der Waals surface area contributed by atoms with Crippen LogP contribution < -0.4 is 10.5 Å². The third-order valence-electron chi connectivity index (χ3n) is 3.74. The fourth-order valence-corrected chi connectivity index (χ4v) is 3.97. The van der Waals surface area contributed by atoms with Crippen molar-refractivity contribution in [2.24, 2.45) is 0 Å². The van der Waals surface area contributed by atoms with E-state index in [9.17, 15) is 8.42 Å². The zero-order valence-corrected chi connectivity index (χ0v) is 12.8. The van der Waals surface area contributed by atoms with Crippen LogP contribution in [0.1, 0.15) is 17.0 Å². The topological polar surface area (TPSA) is 72.2 Å². The standard InChI is InChI=1S/C15H15ClN2O2S/c16-12-5-6-15(14(17)8-12)21(19,20)18-9-11-7-10-3-1-2-4-13(10)11/h1-6,8,11,18H,7,9,17H2. The second-order valence-corrected chi connectivity index (χ2v) is 7.31. The molecule has 1 aliphatic rings. The van der Waals surface area contributed by atoms with E-state index in [0.29, 0.717) is 11.6 Å². The van der Waals surface area contributed by atoms with Gasteiger partial charge in [0, 0.05) is 17.5 Å². The number of sulfonamides is 1. The van der Waals surface area contributed by atoms with Gasteiger partial charge in [-0.25, -0.2) is 13.1 Å². The molecule has 0 spiro atoms. The zero-order valence-electron chi connectivity index (χ0n) is 11.2. The third kappa shape index (κ3) is 2.77. The Morgan fingerprint density at radius 1 is 1.24 bits per heavy atom. The summed E-state index contributed by atoms with van der Waals surface area (Å²) in [6.45, 7) is 0.376. The predicted molar refractivity (Wildman–Crippen MR) is 83.9 cm³/mol. The lowest BCUT2D eigenvalue weighted by Gasteiger charge is -2.30. The third-order valence-corrected chi connectivity index (χ3v) is 5.47. The normalized spacial score (nSPS) is 17.1. The van der Waals surface area contributed by atoms with Gasteiger partial charge < -0.3 is 5.73 Å². The summed E-state index contributed by atoms with van der Waals surface area (Å²) in [5.41, 5.74) is 8.39. The highest BCUT2D eigenvalue weighted by atomic mass is 35.5. The van der Waals surface area contributed by atoms with Crippen LogP contribution in [0.3, 0.4) is 0 Å². The lowest BCUT2D eigenvalue weighted by Crippen LogP contribution is -2.33. The molecule has 0 heterocycles. The van der Waals surface area contributed by atoms with Gasteiger partial charge in [0.25, 0.3) is 0 Å². The van der Waals surface area contributed by atoms with Crippen molar-refractivity contribution in [2.75, 3.05) is 12.3 Å². The first-order valence-corrected chi connectivity index (χ1v) is 8.46. The van der Waals surface area contributed by atoms with Crippen molar-refractivity contribution in [3.63, 3.8) is 0 Å². The molecule has 1 aliphatic carbocycles. The van der Waals surface area contributed by atoms with Crippen LogP contribution in [0.25, 0.3) is 0 Å². The lowest BCUT2D eigenvalue weighted by molar-refractivity contribution is 0.552. The molecule has 21 heavy (non-hydrogen) atoms. The molecule has 1 atom stereocenters. The molecular weight excluding hydrogens is 308 g/mol. The van der Waals surface area contributed by atoms with E-state index in [2.05, 4.69) is 10.8 Å². The van der Waals surface area contributed by atoms with Crippen molar-refractivity contribution in [2.45, 2.75) is 17.2 Å². The number of hydrogen-bond acceptors (Lipinski definition) is 3. The first-order valence-electron chi connectivity index (χ1n) is 6.60. The van der Waals surface area contributed by atoms with Gasteiger partial charge in [-0.1, -0.05) is 35.9 Å². The number of benzene rings is 2. The summed E-state index contributed by atoms with van der Waals surface area (Å²) in [5.74, 6) is 0.226. The minimum Gasteiger partial charge on any atom is -0.398 e. The van der Waals surface area contributed by atoms with Crippen molar-refractivity contribution < 1.29 is 8.42 Å². The van der Waals surface area contributed by atoms with Crippen molar-refractivity contribution in [1.29, 1.82) is 0 Å². The quantitative estimate of drug-likeness (QED) is 0.850. The maximum atomic E-state index is 12.3. The van der Waals surface area contributed by atoms with Crippen LogP contribution in [-0.4, -0.2) is 15.0 Å². The highest BCUT2D eigenvalue weighted by Gasteiger charge is 2.27. The molecule has 0 saturated heterocycles. The Labute approximate surface area is 129 Å². The van der Waals surface area contributed by atoms with Gasteiger partial charge in [-0.3, -0.25) is 0 Å². The van der Waals surface area contributed by atoms with Gasteiger partial charge in [0.2, 0.25) is 10.0 Å². The van der Waals surface area contributed by atoms with Gasteiger partial charge in [-0.2, -0.15) is 0 Å². The maximum absolute atomic E-state index is 12.3. The average Bonchev–Trinajstić information content (AvgIpc) is 2.39. The molecule has 0 radical (unpaired) electrons. The number of hydrogen-bond donors (Lipinski definition) is 2. The molecule has 2 aromatic carbocycles. The van der Waals surface area contributed by atoms with Gasteiger partial charge in [0.1, 0.15) is 4.90 Å². The molecule has 0 amide bonds. The number of nitrogens with two attached hydrogens (primary N) is 1. The number of nitrogen functional groups attached to an aromatic ring is 1. The summed E-state index contributed by atoms with van der Waals surface area (Å²) in [4.78, 5) is 0.0690. The molecule has 0 fully saturated rings. The molecule has 0 saturated carbocycles. The second kappa shape index (κ2) is 5.33. The summed E-state index contributed by atoms with van der Waals surface area (Å²) < 4.78 is 27.2. The van der Waals surface area contributed by atoms with E-state index in [1.54, 1.807) is 0 Å². The summed E-state index contributed by atoms with van der Waals surface area (Å²) in [6, 6.07) is 12.4. The van der Waals surface area contributed by atoms with Gasteiger partial charge in [0.05, 0.1) is 5.69 Å². The highest BCUT2D eigenvalue weighted by molar-refractivity contribution is 7.89. The van der Waals surface area contributed by atoms with Gasteiger partial charge >= 0.3 is 0 Å². The highest BCUT2D eigenvalue weighted by Crippen LogP contribution is 2.34. The molecule has 0 bridgehead atoms. The van der Waals surface area contributed by atoms with Crippen molar-refractivity contribution >= 4 is 27.3 Å². The number of fused-ring (bicyclic) bond motifs is 1. The van der Waals surface area contributed by atoms with E-state index in [1.807, 2.05) is 18.2 Å². The lowest BCUT2D eigenvalue weighted by atomic mass is 9.78. The number of halogens is 1. The average molecular weight is 323 g/mol. The monoisotopic (exact) mass is 322 g/mol. The first kappa shape index (κ1) is 14.4. The minimum atomic E-state index is -3.62. The first-order chi connectivity index (χ1) is 9.97. The fourth-order valence-electron chi connectivity index (χ4n) is 2.60. The molecule has 3 rings (SSSR count). The Hall–Kier alpha value is -1.56. The molecule has 4 nitrogen and oxygen atoms in total. The predicted octanol–water partition coefficient (Wildman–Crippen LogP) is 2.54. The van der Waals surface area contributed by atoms with E-state index < -0.39 is 10.0 Å². The van der Waals surface area contributed by atoms with E-state index in [1.165, 1.54) is 29.3 Å². The smallest absolute Gasteiger partial charge is 0.242 e. The number of rotatable bonds is 4. The van der Waals surface area contributed by atoms with Crippen LogP contribution >= 0.6 is 11.6 Å². The van der Waals surface area contributed by atoms with Crippen LogP contribution in [0.15, 0.2) is 47.4 Å². The molecule has 6 heteroatoms. The van der Waals surface area contributed by atoms with Crippen LogP contribution in [-0.2, 0) is 16.4 Å².